The maximum atomic E-state index is 12.9. The van der Waals surface area contributed by atoms with Gasteiger partial charge in [-0.3, -0.25) is 9.52 Å². The first kappa shape index (κ1) is 22.1. The zero-order chi connectivity index (χ0) is 23.4. The predicted octanol–water partition coefficient (Wildman–Crippen LogP) is 2.35. The highest BCUT2D eigenvalue weighted by Crippen LogP contribution is 2.33. The lowest BCUT2D eigenvalue weighted by Gasteiger charge is -2.19. The summed E-state index contributed by atoms with van der Waals surface area (Å²) in [5, 5.41) is 6.02. The molecule has 33 heavy (non-hydrogen) atoms. The normalized spacial score (nSPS) is 12.6. The third-order valence-electron chi connectivity index (χ3n) is 4.45. The van der Waals surface area contributed by atoms with Crippen LogP contribution >= 0.6 is 0 Å². The fourth-order valence-electron chi connectivity index (χ4n) is 2.96. The summed E-state index contributed by atoms with van der Waals surface area (Å²) < 4.78 is 48.9. The summed E-state index contributed by atoms with van der Waals surface area (Å²) >= 11 is 0. The fraction of sp³-hybridized carbons (Fsp3) is 0.190. The number of amides is 1. The minimum absolute atomic E-state index is 0.00933. The summed E-state index contributed by atoms with van der Waals surface area (Å²) in [6.45, 7) is 1.74. The average molecular weight is 473 g/mol. The van der Waals surface area contributed by atoms with E-state index in [1.807, 2.05) is 0 Å². The van der Waals surface area contributed by atoms with Crippen molar-refractivity contribution < 1.29 is 36.7 Å². The molecule has 1 amide bonds. The standard InChI is InChI=1S/C21H19N3O8S/c1-13-10-19(23-32-13)22-20(25)12-31-21(26)15-4-2-3-5-16(15)24-33(27,28)14-6-7-17-18(11-14)30-9-8-29-17/h2-7,10-11,24H,8-9,12H2,1H3,(H,22,23,25). The molecule has 0 atom stereocenters. The lowest BCUT2D eigenvalue weighted by molar-refractivity contribution is -0.119. The van der Waals surface area contributed by atoms with Crippen molar-refractivity contribution in [1.82, 2.24) is 5.16 Å². The number of hydrogen-bond acceptors (Lipinski definition) is 9. The molecule has 1 aromatic heterocycles. The van der Waals surface area contributed by atoms with E-state index < -0.39 is 28.5 Å². The molecule has 0 bridgehead atoms. The molecule has 2 heterocycles. The summed E-state index contributed by atoms with van der Waals surface area (Å²) in [6.07, 6.45) is 0. The minimum Gasteiger partial charge on any atom is -0.486 e. The van der Waals surface area contributed by atoms with E-state index in [2.05, 4.69) is 15.2 Å². The van der Waals surface area contributed by atoms with Gasteiger partial charge < -0.3 is 24.1 Å². The van der Waals surface area contributed by atoms with Gasteiger partial charge in [-0.25, -0.2) is 13.2 Å². The van der Waals surface area contributed by atoms with E-state index in [0.717, 1.165) is 0 Å². The van der Waals surface area contributed by atoms with Gasteiger partial charge in [0.2, 0.25) is 0 Å². The molecule has 172 valence electrons. The van der Waals surface area contributed by atoms with Gasteiger partial charge in [-0.15, -0.1) is 0 Å². The second-order valence-corrected chi connectivity index (χ2v) is 8.59. The van der Waals surface area contributed by atoms with Crippen molar-refractivity contribution in [1.29, 1.82) is 0 Å². The Labute approximate surface area is 188 Å². The molecule has 11 nitrogen and oxygen atoms in total. The number of carbonyl (C=O) groups is 2. The molecule has 2 N–H and O–H groups in total. The SMILES string of the molecule is Cc1cc(NC(=O)COC(=O)c2ccccc2NS(=O)(=O)c2ccc3c(c2)OCCO3)no1. The number of benzene rings is 2. The van der Waals surface area contributed by atoms with Crippen LogP contribution in [0.2, 0.25) is 0 Å². The van der Waals surface area contributed by atoms with Crippen LogP contribution in [-0.2, 0) is 19.6 Å². The molecule has 3 aromatic rings. The van der Waals surface area contributed by atoms with Gasteiger partial charge >= 0.3 is 5.97 Å². The maximum absolute atomic E-state index is 12.9. The van der Waals surface area contributed by atoms with E-state index in [-0.39, 0.29) is 22.0 Å². The van der Waals surface area contributed by atoms with Gasteiger partial charge in [-0.1, -0.05) is 17.3 Å². The van der Waals surface area contributed by atoms with Crippen molar-refractivity contribution in [3.63, 3.8) is 0 Å². The van der Waals surface area contributed by atoms with Crippen molar-refractivity contribution in [2.45, 2.75) is 11.8 Å². The Morgan fingerprint density at radius 1 is 1.06 bits per heavy atom. The Balaban J connectivity index is 1.45. The molecule has 0 saturated heterocycles. The minimum atomic E-state index is -4.06. The molecule has 0 aliphatic carbocycles. The zero-order valence-electron chi connectivity index (χ0n) is 17.4. The van der Waals surface area contributed by atoms with E-state index in [9.17, 15) is 18.0 Å². The predicted molar refractivity (Wildman–Crippen MR) is 115 cm³/mol. The highest BCUT2D eigenvalue weighted by atomic mass is 32.2. The van der Waals surface area contributed by atoms with E-state index in [0.29, 0.717) is 30.5 Å². The molecule has 0 unspecified atom stereocenters. The van der Waals surface area contributed by atoms with Crippen molar-refractivity contribution in [2.24, 2.45) is 0 Å². The van der Waals surface area contributed by atoms with Crippen LogP contribution in [0.4, 0.5) is 11.5 Å². The van der Waals surface area contributed by atoms with Gasteiger partial charge in [0.1, 0.15) is 19.0 Å². The highest BCUT2D eigenvalue weighted by Gasteiger charge is 2.22. The Morgan fingerprint density at radius 2 is 1.82 bits per heavy atom. The quantitative estimate of drug-likeness (QED) is 0.494. The number of anilines is 2. The molecule has 0 fully saturated rings. The molecule has 0 saturated carbocycles. The van der Waals surface area contributed by atoms with Crippen LogP contribution in [0, 0.1) is 6.92 Å². The van der Waals surface area contributed by atoms with E-state index >= 15 is 0 Å². The van der Waals surface area contributed by atoms with Gasteiger partial charge in [-0.05, 0) is 31.2 Å². The molecular formula is C21H19N3O8S. The smallest absolute Gasteiger partial charge is 0.340 e. The number of rotatable bonds is 7. The van der Waals surface area contributed by atoms with Crippen LogP contribution in [0.1, 0.15) is 16.1 Å². The number of nitrogens with zero attached hydrogens (tertiary/aromatic N) is 1. The van der Waals surface area contributed by atoms with Crippen LogP contribution in [-0.4, -0.2) is 45.3 Å². The largest absolute Gasteiger partial charge is 0.486 e. The second-order valence-electron chi connectivity index (χ2n) is 6.90. The van der Waals surface area contributed by atoms with Gasteiger partial charge in [0, 0.05) is 12.1 Å². The van der Waals surface area contributed by atoms with Crippen molar-refractivity contribution >= 4 is 33.4 Å². The zero-order valence-corrected chi connectivity index (χ0v) is 18.2. The summed E-state index contributed by atoms with van der Waals surface area (Å²) in [5.41, 5.74) is -0.0753. The van der Waals surface area contributed by atoms with E-state index in [1.165, 1.54) is 42.5 Å². The Bertz CT molecular complexity index is 1300. The van der Waals surface area contributed by atoms with Crippen LogP contribution < -0.4 is 19.5 Å². The summed E-state index contributed by atoms with van der Waals surface area (Å²) in [4.78, 5) is 24.4. The molecule has 0 radical (unpaired) electrons. The number of nitrogens with one attached hydrogen (secondary N) is 2. The van der Waals surface area contributed by atoms with E-state index in [4.69, 9.17) is 18.7 Å². The second kappa shape index (κ2) is 9.20. The number of para-hydroxylation sites is 1. The maximum Gasteiger partial charge on any atom is 0.340 e. The first-order valence-electron chi connectivity index (χ1n) is 9.73. The Kier molecular flexibility index (Phi) is 6.18. The molecule has 2 aromatic carbocycles. The number of fused-ring (bicyclic) bond motifs is 1. The number of ether oxygens (including phenoxy) is 3. The number of aryl methyl sites for hydroxylation is 1. The first-order valence-corrected chi connectivity index (χ1v) is 11.2. The summed E-state index contributed by atoms with van der Waals surface area (Å²) in [7, 11) is -4.06. The summed E-state index contributed by atoms with van der Waals surface area (Å²) in [5.74, 6) is -0.0796. The molecular weight excluding hydrogens is 454 g/mol. The third kappa shape index (κ3) is 5.23. The van der Waals surface area contributed by atoms with Gasteiger partial charge in [0.15, 0.2) is 23.9 Å². The van der Waals surface area contributed by atoms with Crippen molar-refractivity contribution in [3.05, 3.63) is 59.9 Å². The van der Waals surface area contributed by atoms with Gasteiger partial charge in [0.25, 0.3) is 15.9 Å². The molecule has 0 spiro atoms. The monoisotopic (exact) mass is 473 g/mol. The number of aromatic nitrogens is 1. The highest BCUT2D eigenvalue weighted by molar-refractivity contribution is 7.92. The third-order valence-corrected chi connectivity index (χ3v) is 5.81. The Morgan fingerprint density at radius 3 is 2.58 bits per heavy atom. The fourth-order valence-corrected chi connectivity index (χ4v) is 4.05. The van der Waals surface area contributed by atoms with E-state index in [1.54, 1.807) is 13.0 Å². The Hall–Kier alpha value is -4.06. The lowest BCUT2D eigenvalue weighted by atomic mass is 10.2. The summed E-state index contributed by atoms with van der Waals surface area (Å²) in [6, 6.07) is 11.6. The van der Waals surface area contributed by atoms with Gasteiger partial charge in [0.05, 0.1) is 16.1 Å². The molecule has 1 aliphatic heterocycles. The number of carbonyl (C=O) groups excluding carboxylic acids is 2. The molecule has 12 heteroatoms. The molecule has 4 rings (SSSR count). The number of hydrogen-bond donors (Lipinski definition) is 2. The first-order chi connectivity index (χ1) is 15.8. The average Bonchev–Trinajstić information content (AvgIpc) is 3.21. The van der Waals surface area contributed by atoms with Crippen LogP contribution in [0.5, 0.6) is 11.5 Å². The van der Waals surface area contributed by atoms with Crippen LogP contribution in [0.3, 0.4) is 0 Å². The van der Waals surface area contributed by atoms with Crippen LogP contribution in [0.15, 0.2) is 57.9 Å². The van der Waals surface area contributed by atoms with Crippen LogP contribution in [0.25, 0.3) is 0 Å². The number of sulfonamides is 1. The lowest BCUT2D eigenvalue weighted by Crippen LogP contribution is -2.22. The number of esters is 1. The van der Waals surface area contributed by atoms with Crippen molar-refractivity contribution in [3.8, 4) is 11.5 Å². The topological polar surface area (TPSA) is 146 Å². The molecule has 1 aliphatic rings. The van der Waals surface area contributed by atoms with Gasteiger partial charge in [-0.2, -0.15) is 0 Å². The van der Waals surface area contributed by atoms with Crippen molar-refractivity contribution in [2.75, 3.05) is 29.9 Å².